The van der Waals surface area contributed by atoms with Crippen LogP contribution in [0.25, 0.3) is 0 Å². The van der Waals surface area contributed by atoms with Crippen molar-refractivity contribution in [2.45, 2.75) is 13.1 Å². The Balaban J connectivity index is 2.04. The van der Waals surface area contributed by atoms with Crippen LogP contribution in [0.5, 0.6) is 5.75 Å². The molecule has 8 heteroatoms. The fourth-order valence-electron chi connectivity index (χ4n) is 2.37. The third kappa shape index (κ3) is 5.53. The first-order valence-corrected chi connectivity index (χ1v) is 9.73. The molecule has 2 aromatic carbocycles. The summed E-state index contributed by atoms with van der Waals surface area (Å²) in [4.78, 5) is 12.2. The number of rotatable bonds is 8. The van der Waals surface area contributed by atoms with E-state index in [1.807, 2.05) is 12.1 Å². The Bertz CT molecular complexity index is 871. The van der Waals surface area contributed by atoms with E-state index < -0.39 is 28.3 Å². The Morgan fingerprint density at radius 1 is 1.12 bits per heavy atom. The third-order valence-corrected chi connectivity index (χ3v) is 4.96. The highest BCUT2D eigenvalue weighted by molar-refractivity contribution is 7.88. The van der Waals surface area contributed by atoms with Crippen molar-refractivity contribution in [3.8, 4) is 5.75 Å². The minimum absolute atomic E-state index is 0.195. The van der Waals surface area contributed by atoms with E-state index in [2.05, 4.69) is 5.32 Å². The number of carbonyl (C=O) groups is 1. The first-order chi connectivity index (χ1) is 12.3. The van der Waals surface area contributed by atoms with Crippen molar-refractivity contribution in [1.82, 2.24) is 9.62 Å². The minimum Gasteiger partial charge on any atom is -0.496 e. The van der Waals surface area contributed by atoms with E-state index in [0.29, 0.717) is 5.75 Å². The molecule has 0 atom stereocenters. The van der Waals surface area contributed by atoms with Gasteiger partial charge in [-0.15, -0.1) is 0 Å². The van der Waals surface area contributed by atoms with Crippen molar-refractivity contribution >= 4 is 15.9 Å². The van der Waals surface area contributed by atoms with E-state index in [4.69, 9.17) is 4.74 Å². The monoisotopic (exact) mass is 380 g/mol. The minimum atomic E-state index is -3.69. The maximum absolute atomic E-state index is 13.8. The van der Waals surface area contributed by atoms with Crippen LogP contribution in [0, 0.1) is 5.82 Å². The SMILES string of the molecule is COc1ccccc1CNC(=O)CN(Cc1ccccc1F)S(C)(=O)=O. The number of para-hydroxylation sites is 1. The van der Waals surface area contributed by atoms with E-state index in [1.54, 1.807) is 18.2 Å². The molecule has 6 nitrogen and oxygen atoms in total. The van der Waals surface area contributed by atoms with Crippen LogP contribution in [0.4, 0.5) is 4.39 Å². The van der Waals surface area contributed by atoms with Gasteiger partial charge in [-0.2, -0.15) is 4.31 Å². The van der Waals surface area contributed by atoms with Crippen LogP contribution in [-0.4, -0.2) is 38.5 Å². The number of nitrogens with one attached hydrogen (secondary N) is 1. The zero-order chi connectivity index (χ0) is 19.2. The van der Waals surface area contributed by atoms with E-state index in [1.165, 1.54) is 25.3 Å². The molecule has 0 saturated heterocycles. The number of hydrogen-bond acceptors (Lipinski definition) is 4. The van der Waals surface area contributed by atoms with Gasteiger partial charge in [0, 0.05) is 24.2 Å². The normalized spacial score (nSPS) is 11.4. The van der Waals surface area contributed by atoms with Crippen molar-refractivity contribution in [3.63, 3.8) is 0 Å². The van der Waals surface area contributed by atoms with Crippen molar-refractivity contribution in [3.05, 3.63) is 65.5 Å². The van der Waals surface area contributed by atoms with Crippen molar-refractivity contribution in [2.24, 2.45) is 0 Å². The Labute approximate surface area is 152 Å². The molecule has 2 rings (SSSR count). The number of halogens is 1. The Kier molecular flexibility index (Phi) is 6.70. The number of hydrogen-bond donors (Lipinski definition) is 1. The summed E-state index contributed by atoms with van der Waals surface area (Å²) in [6.45, 7) is -0.421. The van der Waals surface area contributed by atoms with E-state index in [-0.39, 0.29) is 18.7 Å². The van der Waals surface area contributed by atoms with Gasteiger partial charge in [-0.25, -0.2) is 12.8 Å². The van der Waals surface area contributed by atoms with Gasteiger partial charge < -0.3 is 10.1 Å². The van der Waals surface area contributed by atoms with E-state index in [9.17, 15) is 17.6 Å². The molecule has 0 aliphatic rings. The van der Waals surface area contributed by atoms with Gasteiger partial charge in [0.25, 0.3) is 0 Å². The molecule has 0 aromatic heterocycles. The van der Waals surface area contributed by atoms with Crippen molar-refractivity contribution < 1.29 is 22.3 Å². The number of amides is 1. The lowest BCUT2D eigenvalue weighted by Gasteiger charge is -2.20. The second-order valence-electron chi connectivity index (χ2n) is 5.71. The molecule has 0 aliphatic heterocycles. The lowest BCUT2D eigenvalue weighted by atomic mass is 10.2. The standard InChI is InChI=1S/C18H21FN2O4S/c1-25-17-10-6-4-7-14(17)11-20-18(22)13-21(26(2,23)24)12-15-8-3-5-9-16(15)19/h3-10H,11-13H2,1-2H3,(H,20,22). The molecule has 0 saturated carbocycles. The molecular formula is C18H21FN2O4S. The molecule has 0 heterocycles. The van der Waals surface area contributed by atoms with Gasteiger partial charge in [-0.05, 0) is 12.1 Å². The van der Waals surface area contributed by atoms with Gasteiger partial charge >= 0.3 is 0 Å². The second kappa shape index (κ2) is 8.77. The number of methoxy groups -OCH3 is 1. The summed E-state index contributed by atoms with van der Waals surface area (Å²) in [5, 5.41) is 2.66. The summed E-state index contributed by atoms with van der Waals surface area (Å²) in [6, 6.07) is 13.0. The fourth-order valence-corrected chi connectivity index (χ4v) is 3.09. The second-order valence-corrected chi connectivity index (χ2v) is 7.69. The molecule has 1 N–H and O–H groups in total. The smallest absolute Gasteiger partial charge is 0.235 e. The molecule has 26 heavy (non-hydrogen) atoms. The zero-order valence-corrected chi connectivity index (χ0v) is 15.4. The molecule has 1 amide bonds. The molecule has 0 spiro atoms. The van der Waals surface area contributed by atoms with Gasteiger partial charge in [0.05, 0.1) is 19.9 Å². The first-order valence-electron chi connectivity index (χ1n) is 7.88. The van der Waals surface area contributed by atoms with Gasteiger partial charge in [-0.1, -0.05) is 36.4 Å². The maximum Gasteiger partial charge on any atom is 0.235 e. The van der Waals surface area contributed by atoms with Gasteiger partial charge in [0.15, 0.2) is 0 Å². The van der Waals surface area contributed by atoms with Crippen LogP contribution in [0.3, 0.4) is 0 Å². The van der Waals surface area contributed by atoms with Crippen LogP contribution >= 0.6 is 0 Å². The number of benzene rings is 2. The highest BCUT2D eigenvalue weighted by Gasteiger charge is 2.21. The third-order valence-electron chi connectivity index (χ3n) is 3.76. The molecular weight excluding hydrogens is 359 g/mol. The number of sulfonamides is 1. The number of carbonyl (C=O) groups excluding carboxylic acids is 1. The number of ether oxygens (including phenoxy) is 1. The zero-order valence-electron chi connectivity index (χ0n) is 14.6. The van der Waals surface area contributed by atoms with Gasteiger partial charge in [0.2, 0.25) is 15.9 Å². The molecule has 140 valence electrons. The maximum atomic E-state index is 13.8. The van der Waals surface area contributed by atoms with Gasteiger partial charge in [0.1, 0.15) is 11.6 Å². The molecule has 0 fully saturated rings. The summed E-state index contributed by atoms with van der Waals surface area (Å²) >= 11 is 0. The van der Waals surface area contributed by atoms with Crippen LogP contribution in [0.2, 0.25) is 0 Å². The highest BCUT2D eigenvalue weighted by atomic mass is 32.2. The van der Waals surface area contributed by atoms with E-state index in [0.717, 1.165) is 16.1 Å². The summed E-state index contributed by atoms with van der Waals surface area (Å²) in [7, 11) is -2.16. The number of nitrogens with zero attached hydrogens (tertiary/aromatic N) is 1. The summed E-state index contributed by atoms with van der Waals surface area (Å²) in [5.74, 6) is -0.382. The molecule has 0 unspecified atom stereocenters. The lowest BCUT2D eigenvalue weighted by molar-refractivity contribution is -0.121. The Morgan fingerprint density at radius 3 is 2.35 bits per heavy atom. The summed E-state index contributed by atoms with van der Waals surface area (Å²) in [6.07, 6.45) is 0.987. The van der Waals surface area contributed by atoms with Crippen LogP contribution in [0.15, 0.2) is 48.5 Å². The topological polar surface area (TPSA) is 75.7 Å². The average molecular weight is 380 g/mol. The largest absolute Gasteiger partial charge is 0.496 e. The van der Waals surface area contributed by atoms with E-state index >= 15 is 0 Å². The van der Waals surface area contributed by atoms with Gasteiger partial charge in [-0.3, -0.25) is 4.79 Å². The summed E-state index contributed by atoms with van der Waals surface area (Å²) < 4.78 is 43.9. The van der Waals surface area contributed by atoms with Crippen LogP contribution < -0.4 is 10.1 Å². The average Bonchev–Trinajstić information content (AvgIpc) is 2.60. The molecule has 0 aliphatic carbocycles. The van der Waals surface area contributed by atoms with Crippen LogP contribution in [-0.2, 0) is 27.9 Å². The Morgan fingerprint density at radius 2 is 1.73 bits per heavy atom. The molecule has 0 radical (unpaired) electrons. The molecule has 2 aromatic rings. The quantitative estimate of drug-likeness (QED) is 0.759. The fraction of sp³-hybridized carbons (Fsp3) is 0.278. The lowest BCUT2D eigenvalue weighted by Crippen LogP contribution is -2.39. The predicted molar refractivity (Wildman–Crippen MR) is 96.5 cm³/mol. The highest BCUT2D eigenvalue weighted by Crippen LogP contribution is 2.17. The predicted octanol–water partition coefficient (Wildman–Crippen LogP) is 1.91. The first kappa shape index (κ1) is 19.9. The van der Waals surface area contributed by atoms with Crippen LogP contribution in [0.1, 0.15) is 11.1 Å². The van der Waals surface area contributed by atoms with Crippen molar-refractivity contribution in [1.29, 1.82) is 0 Å². The Hall–Kier alpha value is -2.45. The van der Waals surface area contributed by atoms with Crippen molar-refractivity contribution in [2.75, 3.05) is 19.9 Å². The molecule has 0 bridgehead atoms. The summed E-state index contributed by atoms with van der Waals surface area (Å²) in [5.41, 5.74) is 0.971.